The Bertz CT molecular complexity index is 616. The lowest BCUT2D eigenvalue weighted by molar-refractivity contribution is -0.132. The van der Waals surface area contributed by atoms with E-state index in [2.05, 4.69) is 40.5 Å². The van der Waals surface area contributed by atoms with E-state index in [9.17, 15) is 24.0 Å². The molecule has 1 amide bonds. The van der Waals surface area contributed by atoms with Crippen LogP contribution in [-0.2, 0) is 23.9 Å². The first-order chi connectivity index (χ1) is 14.4. The van der Waals surface area contributed by atoms with Crippen LogP contribution in [0.3, 0.4) is 0 Å². The molecule has 31 heavy (non-hydrogen) atoms. The second-order valence-corrected chi connectivity index (χ2v) is 6.06. The summed E-state index contributed by atoms with van der Waals surface area (Å²) in [5.41, 5.74) is 4.19. The van der Waals surface area contributed by atoms with Crippen LogP contribution in [0.25, 0.3) is 0 Å². The van der Waals surface area contributed by atoms with Crippen molar-refractivity contribution in [1.82, 2.24) is 0 Å². The summed E-state index contributed by atoms with van der Waals surface area (Å²) in [6.45, 7) is 14.4. The lowest BCUT2D eigenvalue weighted by Gasteiger charge is -2.25. The Labute approximate surface area is 182 Å². The van der Waals surface area contributed by atoms with Gasteiger partial charge < -0.3 is 20.7 Å². The van der Waals surface area contributed by atoms with Crippen molar-refractivity contribution in [3.8, 4) is 0 Å². The first-order valence-corrected chi connectivity index (χ1v) is 9.11. The zero-order valence-electron chi connectivity index (χ0n) is 18.5. The van der Waals surface area contributed by atoms with E-state index < -0.39 is 18.0 Å². The molecule has 0 aliphatic heterocycles. The topological polar surface area (TPSA) is 186 Å². The number of carbonyl (C=O) groups excluding carboxylic acids is 3. The van der Waals surface area contributed by atoms with E-state index in [0.717, 1.165) is 31.4 Å². The highest BCUT2D eigenvalue weighted by Crippen LogP contribution is 2.25. The number of hydrogen-bond acceptors (Lipinski definition) is 8. The van der Waals surface area contributed by atoms with Crippen LogP contribution >= 0.6 is 0 Å². The molecule has 4 N–H and O–H groups in total. The Morgan fingerprint density at radius 3 is 1.81 bits per heavy atom. The largest absolute Gasteiger partial charge is 0.478 e. The minimum absolute atomic E-state index is 0.319. The van der Waals surface area contributed by atoms with Gasteiger partial charge in [0.25, 0.3) is 0 Å². The minimum atomic E-state index is -0.981. The molecule has 0 heterocycles. The molecule has 1 unspecified atom stereocenters. The van der Waals surface area contributed by atoms with Gasteiger partial charge in [-0.25, -0.2) is 29.0 Å². The molecular weight excluding hydrogens is 410 g/mol. The summed E-state index contributed by atoms with van der Waals surface area (Å²) >= 11 is 0. The summed E-state index contributed by atoms with van der Waals surface area (Å²) in [6, 6.07) is 0. The van der Waals surface area contributed by atoms with Crippen LogP contribution in [0.15, 0.2) is 35.3 Å². The second-order valence-electron chi connectivity index (χ2n) is 6.06. The number of carboxylic acid groups (broad SMARTS) is 2. The molecule has 0 radical (unpaired) electrons. The fourth-order valence-electron chi connectivity index (χ4n) is 1.41. The zero-order chi connectivity index (χ0) is 25.3. The molecule has 0 saturated heterocycles. The number of aliphatic imine (C=N–C) groups is 2. The summed E-state index contributed by atoms with van der Waals surface area (Å²) in [6.07, 6.45) is 6.89. The molecule has 11 heteroatoms. The van der Waals surface area contributed by atoms with Crippen LogP contribution in [0.2, 0.25) is 0 Å². The Morgan fingerprint density at radius 1 is 1.10 bits per heavy atom. The average Bonchev–Trinajstić information content (AvgIpc) is 2.68. The maximum atomic E-state index is 10.2. The quantitative estimate of drug-likeness (QED) is 0.199. The molecular formula is C20H33N3O8. The molecule has 0 aliphatic carbocycles. The number of rotatable bonds is 10. The molecule has 0 aromatic heterocycles. The van der Waals surface area contributed by atoms with Crippen molar-refractivity contribution in [2.45, 2.75) is 52.5 Å². The number of hydrogen-bond donors (Lipinski definition) is 3. The minimum Gasteiger partial charge on any atom is -0.478 e. The van der Waals surface area contributed by atoms with E-state index >= 15 is 0 Å². The summed E-state index contributed by atoms with van der Waals surface area (Å²) in [5.74, 6) is -1.64. The third kappa shape index (κ3) is 37.8. The van der Waals surface area contributed by atoms with Crippen LogP contribution in [0.5, 0.6) is 0 Å². The highest BCUT2D eigenvalue weighted by atomic mass is 16.5. The number of isocyanates is 2. The molecule has 0 aromatic rings. The van der Waals surface area contributed by atoms with Crippen molar-refractivity contribution in [3.63, 3.8) is 0 Å². The Balaban J connectivity index is -0.000000187. The molecule has 176 valence electrons. The van der Waals surface area contributed by atoms with Gasteiger partial charge in [-0.2, -0.15) is 4.99 Å². The predicted octanol–water partition coefficient (Wildman–Crippen LogP) is 2.86. The van der Waals surface area contributed by atoms with Crippen LogP contribution < -0.4 is 5.73 Å². The van der Waals surface area contributed by atoms with Gasteiger partial charge in [0.1, 0.15) is 0 Å². The molecule has 0 spiro atoms. The summed E-state index contributed by atoms with van der Waals surface area (Å²) < 4.78 is 4.18. The van der Waals surface area contributed by atoms with Gasteiger partial charge >= 0.3 is 18.0 Å². The average molecular weight is 443 g/mol. The molecule has 0 aromatic carbocycles. The van der Waals surface area contributed by atoms with E-state index in [1.54, 1.807) is 13.0 Å². The number of amides is 1. The molecule has 1 atom stereocenters. The number of aliphatic carboxylic acids is 2. The number of carboxylic acids is 2. The van der Waals surface area contributed by atoms with Crippen molar-refractivity contribution < 1.29 is 38.9 Å². The van der Waals surface area contributed by atoms with Gasteiger partial charge in [-0.3, -0.25) is 0 Å². The van der Waals surface area contributed by atoms with Crippen molar-refractivity contribution in [2.75, 3.05) is 13.2 Å². The number of nitrogens with two attached hydrogens (primary N) is 1. The van der Waals surface area contributed by atoms with Gasteiger partial charge in [0.2, 0.25) is 12.2 Å². The van der Waals surface area contributed by atoms with Crippen molar-refractivity contribution >= 4 is 30.2 Å². The molecule has 0 rings (SSSR count). The predicted molar refractivity (Wildman–Crippen MR) is 115 cm³/mol. The van der Waals surface area contributed by atoms with Gasteiger partial charge in [-0.1, -0.05) is 26.5 Å². The fraction of sp³-hybridized carbons (Fsp3) is 0.550. The van der Waals surface area contributed by atoms with Crippen LogP contribution in [0.4, 0.5) is 4.79 Å². The van der Waals surface area contributed by atoms with Gasteiger partial charge in [-0.05, 0) is 39.5 Å². The van der Waals surface area contributed by atoms with Crippen molar-refractivity contribution in [3.05, 3.63) is 25.3 Å². The van der Waals surface area contributed by atoms with Gasteiger partial charge in [0, 0.05) is 12.2 Å². The second kappa shape index (κ2) is 24.5. The third-order valence-corrected chi connectivity index (χ3v) is 3.40. The maximum Gasteiger partial charge on any atom is 0.404 e. The lowest BCUT2D eigenvalue weighted by Crippen LogP contribution is -2.26. The number of ether oxygens (including phenoxy) is 1. The van der Waals surface area contributed by atoms with E-state index in [4.69, 9.17) is 10.2 Å². The monoisotopic (exact) mass is 443 g/mol. The zero-order valence-corrected chi connectivity index (χ0v) is 18.5. The Morgan fingerprint density at radius 2 is 1.55 bits per heavy atom. The first-order valence-electron chi connectivity index (χ1n) is 9.11. The van der Waals surface area contributed by atoms with Gasteiger partial charge in [-0.15, -0.1) is 0 Å². The maximum absolute atomic E-state index is 10.2. The third-order valence-electron chi connectivity index (χ3n) is 3.40. The van der Waals surface area contributed by atoms with Crippen molar-refractivity contribution in [2.24, 2.45) is 21.6 Å². The van der Waals surface area contributed by atoms with Gasteiger partial charge in [0.15, 0.2) is 0 Å². The fourth-order valence-corrected chi connectivity index (χ4v) is 1.41. The summed E-state index contributed by atoms with van der Waals surface area (Å²) in [5, 5.41) is 15.2. The number of carbonyl (C=O) groups is 3. The lowest BCUT2D eigenvalue weighted by atomic mass is 9.86. The van der Waals surface area contributed by atoms with E-state index in [1.165, 1.54) is 6.08 Å². The standard InChI is InChI=1S/C11H18N2O2.C3H7NO2.2C3H4O2/c1-10(11(2,3)13-9-15)6-4-5-7-12-8-14;1-2-6-3(4)5;2*1-2-3(4)5/h10H,4-7H2,1-3H3;2H2,1H3,(H2,4,5);2*2H,1H2,(H,4,5). The van der Waals surface area contributed by atoms with Crippen LogP contribution in [-0.4, -0.2) is 59.1 Å². The Kier molecular flexibility index (Phi) is 27.6. The first kappa shape index (κ1) is 34.9. The van der Waals surface area contributed by atoms with E-state index in [0.29, 0.717) is 19.1 Å². The van der Waals surface area contributed by atoms with Crippen LogP contribution in [0.1, 0.15) is 47.0 Å². The molecule has 0 aliphatic rings. The smallest absolute Gasteiger partial charge is 0.404 e. The Hall–Kier alpha value is -3.55. The highest BCUT2D eigenvalue weighted by Gasteiger charge is 2.24. The number of primary amides is 1. The molecule has 11 nitrogen and oxygen atoms in total. The van der Waals surface area contributed by atoms with E-state index in [1.807, 2.05) is 13.8 Å². The van der Waals surface area contributed by atoms with Gasteiger partial charge in [0.05, 0.1) is 18.7 Å². The molecule has 0 saturated carbocycles. The summed E-state index contributed by atoms with van der Waals surface area (Å²) in [4.78, 5) is 55.3. The van der Waals surface area contributed by atoms with Crippen LogP contribution in [0, 0.1) is 5.92 Å². The molecule has 0 fully saturated rings. The number of unbranched alkanes of at least 4 members (excludes halogenated alkanes) is 1. The summed E-state index contributed by atoms with van der Waals surface area (Å²) in [7, 11) is 0. The SMILES string of the molecule is C=CC(=O)O.C=CC(=O)O.CC(CCCCN=C=O)C(C)(C)N=C=O.CCOC(N)=O. The van der Waals surface area contributed by atoms with E-state index in [-0.39, 0.29) is 5.54 Å². The normalized spacial score (nSPS) is 9.55. The van der Waals surface area contributed by atoms with Crippen molar-refractivity contribution in [1.29, 1.82) is 0 Å². The number of nitrogens with zero attached hydrogens (tertiary/aromatic N) is 2. The highest BCUT2D eigenvalue weighted by molar-refractivity contribution is 5.79. The molecule has 0 bridgehead atoms.